The topological polar surface area (TPSA) is 237 Å². The van der Waals surface area contributed by atoms with Crippen LogP contribution >= 0.6 is 15.6 Å². The summed E-state index contributed by atoms with van der Waals surface area (Å²) in [6, 6.07) is 0. The third-order valence-electron chi connectivity index (χ3n) is 13.8. The molecule has 19 heteroatoms. The molecule has 0 rings (SSSR count). The second-order valence-corrected chi connectivity index (χ2v) is 26.9. The van der Waals surface area contributed by atoms with Gasteiger partial charge in [-0.25, -0.2) is 9.13 Å². The molecule has 0 aromatic heterocycles. The van der Waals surface area contributed by atoms with Crippen molar-refractivity contribution in [2.24, 2.45) is 23.7 Å². The molecule has 0 spiro atoms. The summed E-state index contributed by atoms with van der Waals surface area (Å²) in [5, 5.41) is 10.5. The Morgan fingerprint density at radius 3 is 0.775 bits per heavy atom. The van der Waals surface area contributed by atoms with Gasteiger partial charge in [0.2, 0.25) is 0 Å². The molecular formula is C61H118O17P2. The minimum absolute atomic E-state index is 0.101. The number of phosphoric ester groups is 2. The van der Waals surface area contributed by atoms with E-state index >= 15 is 0 Å². The number of ether oxygens (including phenoxy) is 4. The van der Waals surface area contributed by atoms with Crippen LogP contribution in [0.2, 0.25) is 0 Å². The Bertz CT molecular complexity index is 1610. The number of carbonyl (C=O) groups is 4. The van der Waals surface area contributed by atoms with Crippen molar-refractivity contribution in [1.82, 2.24) is 0 Å². The Hall–Kier alpha value is -1.94. The smallest absolute Gasteiger partial charge is 0.462 e. The lowest BCUT2D eigenvalue weighted by Crippen LogP contribution is -2.30. The molecule has 80 heavy (non-hydrogen) atoms. The lowest BCUT2D eigenvalue weighted by atomic mass is 10.0. The van der Waals surface area contributed by atoms with E-state index in [9.17, 15) is 43.2 Å². The maximum absolute atomic E-state index is 12.9. The Balaban J connectivity index is 5.25. The predicted octanol–water partition coefficient (Wildman–Crippen LogP) is 16.2. The molecule has 17 nitrogen and oxygen atoms in total. The van der Waals surface area contributed by atoms with Crippen molar-refractivity contribution in [2.75, 3.05) is 39.6 Å². The minimum Gasteiger partial charge on any atom is -0.462 e. The van der Waals surface area contributed by atoms with Gasteiger partial charge in [0, 0.05) is 25.7 Å². The second kappa shape index (κ2) is 51.5. The average molecular weight is 1190 g/mol. The molecule has 0 aliphatic carbocycles. The third kappa shape index (κ3) is 55.3. The van der Waals surface area contributed by atoms with Crippen LogP contribution in [0.5, 0.6) is 0 Å². The van der Waals surface area contributed by atoms with Crippen molar-refractivity contribution in [3.8, 4) is 0 Å². The van der Waals surface area contributed by atoms with E-state index < -0.39 is 97.5 Å². The highest BCUT2D eigenvalue weighted by Gasteiger charge is 2.30. The molecule has 2 unspecified atom stereocenters. The zero-order valence-corrected chi connectivity index (χ0v) is 53.5. The molecule has 0 heterocycles. The van der Waals surface area contributed by atoms with Gasteiger partial charge in [0.15, 0.2) is 12.2 Å². The van der Waals surface area contributed by atoms with Crippen LogP contribution in [0.4, 0.5) is 0 Å². The number of hydrogen-bond donors (Lipinski definition) is 3. The maximum atomic E-state index is 12.9. The van der Waals surface area contributed by atoms with Crippen molar-refractivity contribution < 1.29 is 80.2 Å². The van der Waals surface area contributed by atoms with Gasteiger partial charge in [0.25, 0.3) is 0 Å². The highest BCUT2D eigenvalue weighted by Crippen LogP contribution is 2.45. The van der Waals surface area contributed by atoms with Gasteiger partial charge >= 0.3 is 39.5 Å². The molecule has 3 N–H and O–H groups in total. The van der Waals surface area contributed by atoms with Crippen molar-refractivity contribution in [3.63, 3.8) is 0 Å². The zero-order chi connectivity index (χ0) is 59.7. The Morgan fingerprint density at radius 2 is 0.525 bits per heavy atom. The van der Waals surface area contributed by atoms with Crippen molar-refractivity contribution in [2.45, 2.75) is 305 Å². The fraction of sp³-hybridized carbons (Fsp3) is 0.934. The van der Waals surface area contributed by atoms with Crippen molar-refractivity contribution in [1.29, 1.82) is 0 Å². The van der Waals surface area contributed by atoms with E-state index in [0.29, 0.717) is 43.4 Å². The van der Waals surface area contributed by atoms with Gasteiger partial charge in [0.1, 0.15) is 19.3 Å². The zero-order valence-electron chi connectivity index (χ0n) is 51.7. The molecule has 0 saturated carbocycles. The fourth-order valence-corrected chi connectivity index (χ4v) is 10.5. The number of esters is 4. The molecule has 0 aromatic carbocycles. The summed E-state index contributed by atoms with van der Waals surface area (Å²) in [6.07, 6.45) is 29.7. The van der Waals surface area contributed by atoms with E-state index in [1.54, 1.807) is 0 Å². The van der Waals surface area contributed by atoms with E-state index in [1.807, 2.05) is 0 Å². The molecule has 0 bridgehead atoms. The minimum atomic E-state index is -4.94. The number of unbranched alkanes of at least 4 members (excludes halogenated alkanes) is 24. The number of carbonyl (C=O) groups excluding carboxylic acids is 4. The molecule has 0 aliphatic heterocycles. The maximum Gasteiger partial charge on any atom is 0.472 e. The van der Waals surface area contributed by atoms with Gasteiger partial charge in [-0.2, -0.15) is 0 Å². The molecular weight excluding hydrogens is 1070 g/mol. The first-order valence-corrected chi connectivity index (χ1v) is 34.7. The number of aliphatic hydroxyl groups excluding tert-OH is 1. The van der Waals surface area contributed by atoms with Crippen LogP contribution in [0, 0.1) is 23.7 Å². The molecule has 0 aromatic rings. The number of aliphatic hydroxyl groups is 1. The summed E-state index contributed by atoms with van der Waals surface area (Å²) in [5.41, 5.74) is 0. The normalized spacial score (nSPS) is 14.5. The summed E-state index contributed by atoms with van der Waals surface area (Å²) in [6.45, 7) is 13.8. The van der Waals surface area contributed by atoms with Crippen LogP contribution in [0.3, 0.4) is 0 Å². The van der Waals surface area contributed by atoms with Crippen molar-refractivity contribution in [3.05, 3.63) is 0 Å². The van der Waals surface area contributed by atoms with Crippen LogP contribution in [-0.4, -0.2) is 96.7 Å². The molecule has 0 radical (unpaired) electrons. The van der Waals surface area contributed by atoms with Gasteiger partial charge in [-0.1, -0.05) is 235 Å². The molecule has 0 saturated heterocycles. The lowest BCUT2D eigenvalue weighted by Gasteiger charge is -2.21. The van der Waals surface area contributed by atoms with E-state index in [1.165, 1.54) is 83.5 Å². The van der Waals surface area contributed by atoms with Crippen molar-refractivity contribution >= 4 is 39.5 Å². The summed E-state index contributed by atoms with van der Waals surface area (Å²) < 4.78 is 67.8. The Morgan fingerprint density at radius 1 is 0.312 bits per heavy atom. The van der Waals surface area contributed by atoms with Crippen LogP contribution in [0.1, 0.15) is 287 Å². The highest BCUT2D eigenvalue weighted by atomic mass is 31.2. The van der Waals surface area contributed by atoms with E-state index in [4.69, 9.17) is 37.0 Å². The van der Waals surface area contributed by atoms with Gasteiger partial charge in [0.05, 0.1) is 26.4 Å². The fourth-order valence-electron chi connectivity index (χ4n) is 8.90. The first kappa shape index (κ1) is 78.1. The predicted molar refractivity (Wildman–Crippen MR) is 317 cm³/mol. The summed E-state index contributed by atoms with van der Waals surface area (Å²) >= 11 is 0. The number of hydrogen-bond acceptors (Lipinski definition) is 15. The monoisotopic (exact) mass is 1180 g/mol. The lowest BCUT2D eigenvalue weighted by molar-refractivity contribution is -0.161. The van der Waals surface area contributed by atoms with E-state index in [0.717, 1.165) is 102 Å². The van der Waals surface area contributed by atoms with Crippen LogP contribution in [0.25, 0.3) is 0 Å². The summed E-state index contributed by atoms with van der Waals surface area (Å²) in [5.74, 6) is 0.649. The van der Waals surface area contributed by atoms with Crippen LogP contribution in [-0.2, 0) is 65.4 Å². The Kier molecular flexibility index (Phi) is 50.2. The van der Waals surface area contributed by atoms with Gasteiger partial charge in [-0.05, 0) is 49.4 Å². The largest absolute Gasteiger partial charge is 0.472 e. The van der Waals surface area contributed by atoms with Crippen LogP contribution < -0.4 is 0 Å². The third-order valence-corrected chi connectivity index (χ3v) is 15.7. The molecule has 5 atom stereocenters. The van der Waals surface area contributed by atoms with Gasteiger partial charge < -0.3 is 33.8 Å². The SMILES string of the molecule is CC(C)CCCCCCCCCCC(=O)OC[C@H](COP(=O)(O)OC[C@@H](O)COP(=O)(O)OC[C@@H](COC(=O)CCCCCCCCC(C)C)OC(=O)CCCCCCCCCC(C)C)OC(=O)CCCCCCCCCC(C)C. The van der Waals surface area contributed by atoms with Gasteiger partial charge in [-0.3, -0.25) is 37.3 Å². The van der Waals surface area contributed by atoms with Gasteiger partial charge in [-0.15, -0.1) is 0 Å². The average Bonchev–Trinajstić information content (AvgIpc) is 3.39. The molecule has 0 fully saturated rings. The quantitative estimate of drug-likeness (QED) is 0.0222. The molecule has 474 valence electrons. The van der Waals surface area contributed by atoms with Crippen LogP contribution in [0.15, 0.2) is 0 Å². The second-order valence-electron chi connectivity index (χ2n) is 24.0. The molecule has 0 aliphatic rings. The highest BCUT2D eigenvalue weighted by molar-refractivity contribution is 7.47. The Labute approximate surface area is 486 Å². The molecule has 0 amide bonds. The van der Waals surface area contributed by atoms with E-state index in [-0.39, 0.29) is 25.7 Å². The summed E-state index contributed by atoms with van der Waals surface area (Å²) in [7, 11) is -9.88. The number of rotatable bonds is 58. The standard InChI is InChI=1S/C61H118O17P2/c1-51(2)37-29-21-13-9-10-16-25-33-41-58(63)71-47-56(77-60(65)43-35-27-17-11-14-22-30-38-52(3)4)49-75-79(67,68)73-45-55(62)46-74-80(69,70)76-50-57(48-72-59(64)42-34-26-20-19-24-32-40-54(7)8)78-61(66)44-36-28-18-12-15-23-31-39-53(5)6/h51-57,62H,9-50H2,1-8H3,(H,67,68)(H,69,70)/t55-,56-,57-/m1/s1. The first-order chi connectivity index (χ1) is 38.1. The van der Waals surface area contributed by atoms with E-state index in [2.05, 4.69) is 55.4 Å². The number of phosphoric acid groups is 2. The summed E-state index contributed by atoms with van der Waals surface area (Å²) in [4.78, 5) is 72.0. The first-order valence-electron chi connectivity index (χ1n) is 31.7.